The first-order valence-corrected chi connectivity index (χ1v) is 13.5. The maximum absolute atomic E-state index is 13.7. The second-order valence-electron chi connectivity index (χ2n) is 10.3. The summed E-state index contributed by atoms with van der Waals surface area (Å²) < 4.78 is 51.5. The van der Waals surface area contributed by atoms with Crippen LogP contribution in [0.3, 0.4) is 0 Å². The number of hydrogen-bond acceptors (Lipinski definition) is 5. The molecule has 1 unspecified atom stereocenters. The Morgan fingerprint density at radius 1 is 1.02 bits per heavy atom. The van der Waals surface area contributed by atoms with Crippen LogP contribution in [0.25, 0.3) is 11.1 Å². The molecule has 1 saturated heterocycles. The Kier molecular flexibility index (Phi) is 8.21. The van der Waals surface area contributed by atoms with E-state index in [1.807, 2.05) is 54.6 Å². The van der Waals surface area contributed by atoms with Gasteiger partial charge in [-0.15, -0.1) is 0 Å². The SMILES string of the molecule is COc1cc2c(cc1C(F)(F)F)N(CC(=O)N(C)C(CN1CCCC1)c1ccc(-c3ccccc3)cc1)C(=O)CO2. The van der Waals surface area contributed by atoms with E-state index in [4.69, 9.17) is 9.47 Å². The molecule has 41 heavy (non-hydrogen) atoms. The Bertz CT molecular complexity index is 1390. The van der Waals surface area contributed by atoms with E-state index in [0.29, 0.717) is 6.54 Å². The van der Waals surface area contributed by atoms with Crippen molar-refractivity contribution in [2.75, 3.05) is 51.8 Å². The lowest BCUT2D eigenvalue weighted by Crippen LogP contribution is -2.47. The number of alkyl halides is 3. The van der Waals surface area contributed by atoms with Gasteiger partial charge in [0.15, 0.2) is 6.61 Å². The Hall–Kier alpha value is -4.05. The predicted octanol–water partition coefficient (Wildman–Crippen LogP) is 5.40. The molecule has 10 heteroatoms. The summed E-state index contributed by atoms with van der Waals surface area (Å²) in [5.41, 5.74) is 1.91. The molecule has 216 valence electrons. The van der Waals surface area contributed by atoms with Crippen molar-refractivity contribution in [1.82, 2.24) is 9.80 Å². The highest BCUT2D eigenvalue weighted by molar-refractivity contribution is 6.02. The number of nitrogens with zero attached hydrogens (tertiary/aromatic N) is 3. The second kappa shape index (κ2) is 11.8. The maximum atomic E-state index is 13.7. The smallest absolute Gasteiger partial charge is 0.420 e. The van der Waals surface area contributed by atoms with Crippen LogP contribution in [0.2, 0.25) is 0 Å². The maximum Gasteiger partial charge on any atom is 0.420 e. The third-order valence-corrected chi connectivity index (χ3v) is 7.72. The van der Waals surface area contributed by atoms with Gasteiger partial charge < -0.3 is 19.3 Å². The molecule has 1 fully saturated rings. The zero-order valence-electron chi connectivity index (χ0n) is 23.0. The molecule has 3 aromatic carbocycles. The standard InChI is InChI=1S/C31H32F3N3O4/c1-35(26(18-36-14-6-7-15-36)23-12-10-22(11-13-23)21-8-4-3-5-9-21)29(38)19-37-25-16-24(31(32,33)34)27(40-2)17-28(25)41-20-30(37)39/h3-5,8-13,16-17,26H,6-7,14-15,18-20H2,1-2H3. The number of likely N-dealkylation sites (tertiary alicyclic amines) is 1. The number of likely N-dealkylation sites (N-methyl/N-ethyl adjacent to an activating group) is 1. The number of carbonyl (C=O) groups is 2. The van der Waals surface area contributed by atoms with Gasteiger partial charge in [0, 0.05) is 19.7 Å². The molecule has 5 rings (SSSR count). The first-order valence-electron chi connectivity index (χ1n) is 13.5. The number of carbonyl (C=O) groups excluding carboxylic acids is 2. The summed E-state index contributed by atoms with van der Waals surface area (Å²) in [5.74, 6) is -1.36. The van der Waals surface area contributed by atoms with Crippen LogP contribution in [-0.4, -0.2) is 68.6 Å². The van der Waals surface area contributed by atoms with Gasteiger partial charge in [0.05, 0.1) is 24.4 Å². The molecule has 0 bridgehead atoms. The van der Waals surface area contributed by atoms with Gasteiger partial charge in [-0.1, -0.05) is 54.6 Å². The first kappa shape index (κ1) is 28.5. The molecule has 1 atom stereocenters. The van der Waals surface area contributed by atoms with Gasteiger partial charge in [-0.2, -0.15) is 13.2 Å². The molecule has 0 aromatic heterocycles. The number of amides is 2. The molecule has 0 N–H and O–H groups in total. The quantitative estimate of drug-likeness (QED) is 0.365. The number of benzene rings is 3. The molecule has 2 aliphatic heterocycles. The Labute approximate surface area is 237 Å². The van der Waals surface area contributed by atoms with E-state index in [1.54, 1.807) is 11.9 Å². The summed E-state index contributed by atoms with van der Waals surface area (Å²) in [6, 6.07) is 19.6. The molecule has 0 radical (unpaired) electrons. The van der Waals surface area contributed by atoms with Crippen molar-refractivity contribution in [3.05, 3.63) is 77.9 Å². The number of anilines is 1. The van der Waals surface area contributed by atoms with Crippen molar-refractivity contribution in [3.63, 3.8) is 0 Å². The average molecular weight is 568 g/mol. The highest BCUT2D eigenvalue weighted by Crippen LogP contribution is 2.44. The van der Waals surface area contributed by atoms with Gasteiger partial charge in [0.25, 0.3) is 5.91 Å². The Balaban J connectivity index is 1.42. The lowest BCUT2D eigenvalue weighted by Gasteiger charge is -2.35. The van der Waals surface area contributed by atoms with Crippen molar-refractivity contribution in [2.45, 2.75) is 25.1 Å². The molecule has 0 aliphatic carbocycles. The topological polar surface area (TPSA) is 62.3 Å². The third-order valence-electron chi connectivity index (χ3n) is 7.72. The van der Waals surface area contributed by atoms with Gasteiger partial charge in [-0.3, -0.25) is 14.5 Å². The van der Waals surface area contributed by atoms with Crippen LogP contribution in [-0.2, 0) is 15.8 Å². The normalized spacial score (nSPS) is 16.2. The largest absolute Gasteiger partial charge is 0.496 e. The second-order valence-corrected chi connectivity index (χ2v) is 10.3. The van der Waals surface area contributed by atoms with Crippen LogP contribution in [0.5, 0.6) is 11.5 Å². The predicted molar refractivity (Wildman–Crippen MR) is 149 cm³/mol. The van der Waals surface area contributed by atoms with Gasteiger partial charge in [0.1, 0.15) is 18.0 Å². The van der Waals surface area contributed by atoms with Crippen LogP contribution < -0.4 is 14.4 Å². The summed E-state index contributed by atoms with van der Waals surface area (Å²) >= 11 is 0. The number of rotatable bonds is 8. The summed E-state index contributed by atoms with van der Waals surface area (Å²) in [6.07, 6.45) is -2.55. The fourth-order valence-electron chi connectivity index (χ4n) is 5.40. The van der Waals surface area contributed by atoms with E-state index in [2.05, 4.69) is 4.90 Å². The fourth-order valence-corrected chi connectivity index (χ4v) is 5.40. The minimum atomic E-state index is -4.72. The molecule has 0 spiro atoms. The van der Waals surface area contributed by atoms with Crippen LogP contribution in [0.1, 0.15) is 30.0 Å². The first-order chi connectivity index (χ1) is 19.7. The number of fused-ring (bicyclic) bond motifs is 1. The summed E-state index contributed by atoms with van der Waals surface area (Å²) in [4.78, 5) is 31.5. The molecule has 2 heterocycles. The zero-order valence-corrected chi connectivity index (χ0v) is 23.0. The molecule has 2 amide bonds. The zero-order chi connectivity index (χ0) is 29.1. The van der Waals surface area contributed by atoms with Crippen LogP contribution in [0.4, 0.5) is 18.9 Å². The number of methoxy groups -OCH3 is 1. The Morgan fingerprint density at radius 2 is 1.68 bits per heavy atom. The highest BCUT2D eigenvalue weighted by Gasteiger charge is 2.39. The van der Waals surface area contributed by atoms with E-state index >= 15 is 0 Å². The molecule has 0 saturated carbocycles. The number of ether oxygens (including phenoxy) is 2. The fraction of sp³-hybridized carbons (Fsp3) is 0.355. The van der Waals surface area contributed by atoms with E-state index in [-0.39, 0.29) is 17.5 Å². The number of halogens is 3. The third kappa shape index (κ3) is 6.17. The van der Waals surface area contributed by atoms with Gasteiger partial charge in [0.2, 0.25) is 5.91 Å². The highest BCUT2D eigenvalue weighted by atomic mass is 19.4. The van der Waals surface area contributed by atoms with Gasteiger partial charge >= 0.3 is 6.18 Å². The summed E-state index contributed by atoms with van der Waals surface area (Å²) in [7, 11) is 2.81. The van der Waals surface area contributed by atoms with E-state index in [1.165, 1.54) is 0 Å². The van der Waals surface area contributed by atoms with Crippen molar-refractivity contribution in [3.8, 4) is 22.6 Å². The van der Waals surface area contributed by atoms with E-state index < -0.39 is 42.5 Å². The minimum Gasteiger partial charge on any atom is -0.496 e. The Morgan fingerprint density at radius 3 is 2.32 bits per heavy atom. The van der Waals surface area contributed by atoms with Crippen molar-refractivity contribution >= 4 is 17.5 Å². The molecular formula is C31H32F3N3O4. The monoisotopic (exact) mass is 567 g/mol. The lowest BCUT2D eigenvalue weighted by molar-refractivity contribution is -0.138. The van der Waals surface area contributed by atoms with E-state index in [0.717, 1.165) is 66.8 Å². The lowest BCUT2D eigenvalue weighted by atomic mass is 9.99. The molecular weight excluding hydrogens is 535 g/mol. The molecule has 3 aromatic rings. The summed E-state index contributed by atoms with van der Waals surface area (Å²) in [6.45, 7) is 1.65. The van der Waals surface area contributed by atoms with Crippen LogP contribution >= 0.6 is 0 Å². The molecule has 7 nitrogen and oxygen atoms in total. The van der Waals surface area contributed by atoms with Crippen molar-refractivity contribution in [1.29, 1.82) is 0 Å². The van der Waals surface area contributed by atoms with E-state index in [9.17, 15) is 22.8 Å². The van der Waals surface area contributed by atoms with Crippen LogP contribution in [0, 0.1) is 0 Å². The van der Waals surface area contributed by atoms with Gasteiger partial charge in [-0.25, -0.2) is 0 Å². The average Bonchev–Trinajstić information content (AvgIpc) is 3.50. The van der Waals surface area contributed by atoms with Crippen LogP contribution in [0.15, 0.2) is 66.7 Å². The summed E-state index contributed by atoms with van der Waals surface area (Å²) in [5, 5.41) is 0. The van der Waals surface area contributed by atoms with Crippen molar-refractivity contribution in [2.24, 2.45) is 0 Å². The van der Waals surface area contributed by atoms with Gasteiger partial charge in [-0.05, 0) is 48.7 Å². The minimum absolute atomic E-state index is 0.0509. The number of hydrogen-bond donors (Lipinski definition) is 0. The molecule has 2 aliphatic rings. The van der Waals surface area contributed by atoms with Crippen molar-refractivity contribution < 1.29 is 32.2 Å².